The van der Waals surface area contributed by atoms with Gasteiger partial charge in [0.05, 0.1) is 11.6 Å². The molecule has 0 aromatic heterocycles. The lowest BCUT2D eigenvalue weighted by molar-refractivity contribution is 0.0169. The van der Waals surface area contributed by atoms with Crippen LogP contribution in [0.3, 0.4) is 0 Å². The summed E-state index contributed by atoms with van der Waals surface area (Å²) in [5.74, 6) is -1.14. The van der Waals surface area contributed by atoms with Crippen molar-refractivity contribution in [3.05, 3.63) is 108 Å². The summed E-state index contributed by atoms with van der Waals surface area (Å²) < 4.78 is 5.71. The zero-order valence-corrected chi connectivity index (χ0v) is 19.1. The van der Waals surface area contributed by atoms with E-state index in [9.17, 15) is 14.4 Å². The van der Waals surface area contributed by atoms with E-state index in [1.807, 2.05) is 18.2 Å². The van der Waals surface area contributed by atoms with Gasteiger partial charge < -0.3 is 4.74 Å². The largest absolute Gasteiger partial charge is 0.460 e. The zero-order chi connectivity index (χ0) is 23.8. The summed E-state index contributed by atoms with van der Waals surface area (Å²) in [6.07, 6.45) is 4.95. The van der Waals surface area contributed by atoms with Gasteiger partial charge in [0.15, 0.2) is 0 Å². The lowest BCUT2D eigenvalue weighted by Crippen LogP contribution is -2.51. The molecule has 0 bridgehead atoms. The molecule has 0 spiro atoms. The van der Waals surface area contributed by atoms with Gasteiger partial charge in [0.25, 0.3) is 11.8 Å². The van der Waals surface area contributed by atoms with Gasteiger partial charge in [-0.1, -0.05) is 73.9 Å². The van der Waals surface area contributed by atoms with Gasteiger partial charge in [0.2, 0.25) is 0 Å². The van der Waals surface area contributed by atoms with Crippen molar-refractivity contribution in [2.45, 2.75) is 38.1 Å². The minimum atomic E-state index is -0.548. The van der Waals surface area contributed by atoms with Crippen molar-refractivity contribution in [2.24, 2.45) is 5.92 Å². The number of ether oxygens (including phenoxy) is 1. The Balaban J connectivity index is 1.68. The Labute approximate surface area is 200 Å². The molecule has 0 saturated heterocycles. The standard InChI is InChI=1S/C29H29NO4/c31-27(23-15-7-2-8-16-23)30(28(32)24-17-9-3-10-18-24)26(22-13-5-1-6-14-22)21-34-29(33)25-19-11-4-12-20-25/h2-4,7-12,15-20,22,26H,1,5-6,13-14,21H2/t26-/m0/s1. The second-order valence-corrected chi connectivity index (χ2v) is 8.64. The molecule has 5 nitrogen and oxygen atoms in total. The normalized spacial score (nSPS) is 14.7. The smallest absolute Gasteiger partial charge is 0.338 e. The number of benzene rings is 3. The van der Waals surface area contributed by atoms with Gasteiger partial charge >= 0.3 is 5.97 Å². The highest BCUT2D eigenvalue weighted by molar-refractivity contribution is 6.10. The summed E-state index contributed by atoms with van der Waals surface area (Å²) in [6.45, 7) is -0.0322. The molecule has 3 aromatic rings. The fraction of sp³-hybridized carbons (Fsp3) is 0.276. The molecule has 0 radical (unpaired) electrons. The van der Waals surface area contributed by atoms with E-state index < -0.39 is 12.0 Å². The van der Waals surface area contributed by atoms with E-state index in [1.165, 1.54) is 4.90 Å². The van der Waals surface area contributed by atoms with Crippen LogP contribution in [0.25, 0.3) is 0 Å². The molecule has 34 heavy (non-hydrogen) atoms. The molecule has 0 unspecified atom stereocenters. The molecular weight excluding hydrogens is 426 g/mol. The fourth-order valence-corrected chi connectivity index (χ4v) is 4.59. The van der Waals surface area contributed by atoms with E-state index in [-0.39, 0.29) is 24.3 Å². The highest BCUT2D eigenvalue weighted by Gasteiger charge is 2.37. The second-order valence-electron chi connectivity index (χ2n) is 8.64. The van der Waals surface area contributed by atoms with Crippen molar-refractivity contribution >= 4 is 17.8 Å². The maximum absolute atomic E-state index is 13.7. The van der Waals surface area contributed by atoms with Crippen LogP contribution in [0.2, 0.25) is 0 Å². The maximum atomic E-state index is 13.7. The van der Waals surface area contributed by atoms with Crippen LogP contribution in [0.15, 0.2) is 91.0 Å². The van der Waals surface area contributed by atoms with Crippen LogP contribution in [0.5, 0.6) is 0 Å². The molecule has 1 aliphatic rings. The Morgan fingerprint density at radius 3 is 1.59 bits per heavy atom. The first kappa shape index (κ1) is 23.4. The lowest BCUT2D eigenvalue weighted by Gasteiger charge is -2.37. The first-order valence-corrected chi connectivity index (χ1v) is 11.9. The van der Waals surface area contributed by atoms with Gasteiger partial charge in [-0.15, -0.1) is 0 Å². The number of carbonyl (C=O) groups excluding carboxylic acids is 3. The van der Waals surface area contributed by atoms with E-state index in [0.29, 0.717) is 16.7 Å². The first-order valence-electron chi connectivity index (χ1n) is 11.9. The van der Waals surface area contributed by atoms with Gasteiger partial charge in [0, 0.05) is 11.1 Å². The summed E-state index contributed by atoms with van der Waals surface area (Å²) in [4.78, 5) is 41.5. The van der Waals surface area contributed by atoms with Gasteiger partial charge in [-0.3, -0.25) is 14.5 Å². The van der Waals surface area contributed by atoms with Crippen LogP contribution < -0.4 is 0 Å². The number of amides is 2. The summed E-state index contributed by atoms with van der Waals surface area (Å²) >= 11 is 0. The zero-order valence-electron chi connectivity index (χ0n) is 19.1. The summed E-state index contributed by atoms with van der Waals surface area (Å²) in [5, 5.41) is 0. The first-order chi connectivity index (χ1) is 16.6. The van der Waals surface area contributed by atoms with Crippen molar-refractivity contribution in [3.8, 4) is 0 Å². The molecule has 3 aromatic carbocycles. The molecule has 1 atom stereocenters. The minimum Gasteiger partial charge on any atom is -0.460 e. The minimum absolute atomic E-state index is 0.0322. The Morgan fingerprint density at radius 1 is 0.676 bits per heavy atom. The van der Waals surface area contributed by atoms with E-state index in [4.69, 9.17) is 4.74 Å². The van der Waals surface area contributed by atoms with Crippen molar-refractivity contribution in [1.82, 2.24) is 4.90 Å². The molecule has 0 aliphatic heterocycles. The second kappa shape index (κ2) is 11.4. The third-order valence-corrected chi connectivity index (χ3v) is 6.40. The molecule has 1 fully saturated rings. The monoisotopic (exact) mass is 455 g/mol. The number of nitrogens with zero attached hydrogens (tertiary/aromatic N) is 1. The van der Waals surface area contributed by atoms with Crippen molar-refractivity contribution in [2.75, 3.05) is 6.61 Å². The van der Waals surface area contributed by atoms with Gasteiger partial charge in [-0.2, -0.15) is 0 Å². The number of hydrogen-bond donors (Lipinski definition) is 0. The van der Waals surface area contributed by atoms with Crippen molar-refractivity contribution < 1.29 is 19.1 Å². The molecule has 174 valence electrons. The van der Waals surface area contributed by atoms with Crippen LogP contribution in [-0.2, 0) is 4.74 Å². The Bertz CT molecular complexity index is 1040. The molecule has 1 aliphatic carbocycles. The highest BCUT2D eigenvalue weighted by atomic mass is 16.5. The summed E-state index contributed by atoms with van der Waals surface area (Å²) in [7, 11) is 0. The Kier molecular flexibility index (Phi) is 7.87. The maximum Gasteiger partial charge on any atom is 0.338 e. The average Bonchev–Trinajstić information content (AvgIpc) is 2.92. The van der Waals surface area contributed by atoms with Crippen LogP contribution in [0.4, 0.5) is 0 Å². The highest BCUT2D eigenvalue weighted by Crippen LogP contribution is 2.31. The van der Waals surface area contributed by atoms with E-state index in [2.05, 4.69) is 0 Å². The number of imide groups is 1. The van der Waals surface area contributed by atoms with Crippen LogP contribution in [-0.4, -0.2) is 35.3 Å². The summed E-state index contributed by atoms with van der Waals surface area (Å²) in [5.41, 5.74) is 1.31. The van der Waals surface area contributed by atoms with Crippen molar-refractivity contribution in [1.29, 1.82) is 0 Å². The molecule has 0 N–H and O–H groups in total. The van der Waals surface area contributed by atoms with Gasteiger partial charge in [-0.05, 0) is 55.2 Å². The Morgan fingerprint density at radius 2 is 1.12 bits per heavy atom. The number of hydrogen-bond acceptors (Lipinski definition) is 4. The van der Waals surface area contributed by atoms with E-state index in [1.54, 1.807) is 72.8 Å². The molecule has 4 rings (SSSR count). The topological polar surface area (TPSA) is 63.7 Å². The fourth-order valence-electron chi connectivity index (χ4n) is 4.59. The third-order valence-electron chi connectivity index (χ3n) is 6.40. The molecular formula is C29H29NO4. The van der Waals surface area contributed by atoms with Crippen molar-refractivity contribution in [3.63, 3.8) is 0 Å². The number of rotatable bonds is 7. The molecule has 1 saturated carbocycles. The summed E-state index contributed by atoms with van der Waals surface area (Å²) in [6, 6.07) is 25.9. The van der Waals surface area contributed by atoms with Gasteiger partial charge in [0.1, 0.15) is 6.61 Å². The molecule has 0 heterocycles. The number of carbonyl (C=O) groups is 3. The van der Waals surface area contributed by atoms with Crippen LogP contribution in [0.1, 0.15) is 63.2 Å². The average molecular weight is 456 g/mol. The third kappa shape index (κ3) is 5.60. The van der Waals surface area contributed by atoms with E-state index in [0.717, 1.165) is 32.1 Å². The van der Waals surface area contributed by atoms with Gasteiger partial charge in [-0.25, -0.2) is 4.79 Å². The molecule has 5 heteroatoms. The lowest BCUT2D eigenvalue weighted by atomic mass is 9.83. The van der Waals surface area contributed by atoms with Crippen LogP contribution >= 0.6 is 0 Å². The van der Waals surface area contributed by atoms with Crippen LogP contribution in [0, 0.1) is 5.92 Å². The predicted octanol–water partition coefficient (Wildman–Crippen LogP) is 5.78. The van der Waals surface area contributed by atoms with E-state index >= 15 is 0 Å². The SMILES string of the molecule is O=C(OC[C@@H](C1CCCCC1)N(C(=O)c1ccccc1)C(=O)c1ccccc1)c1ccccc1. The number of esters is 1. The molecule has 2 amide bonds. The predicted molar refractivity (Wildman–Crippen MR) is 130 cm³/mol. The Hall–Kier alpha value is -3.73. The quantitative estimate of drug-likeness (QED) is 0.335.